The van der Waals surface area contributed by atoms with E-state index in [-0.39, 0.29) is 5.92 Å². The van der Waals surface area contributed by atoms with E-state index in [1.54, 1.807) is 0 Å². The first kappa shape index (κ1) is 35.5. The molecule has 0 radical (unpaired) electrons. The van der Waals surface area contributed by atoms with Crippen molar-refractivity contribution >= 4 is 65.6 Å². The van der Waals surface area contributed by atoms with Crippen molar-refractivity contribution in [2.45, 2.75) is 19.8 Å². The van der Waals surface area contributed by atoms with Gasteiger partial charge in [0.25, 0.3) is 0 Å². The van der Waals surface area contributed by atoms with Gasteiger partial charge in [0.05, 0.1) is 5.52 Å². The van der Waals surface area contributed by atoms with Gasteiger partial charge in [-0.3, -0.25) is 0 Å². The Hall–Kier alpha value is -6.94. The fourth-order valence-electron chi connectivity index (χ4n) is 8.34. The van der Waals surface area contributed by atoms with Gasteiger partial charge in [-0.05, 0) is 119 Å². The second-order valence-electron chi connectivity index (χ2n) is 15.0. The highest BCUT2D eigenvalue weighted by Crippen LogP contribution is 2.39. The molecule has 1 atom stereocenters. The van der Waals surface area contributed by atoms with Crippen molar-refractivity contribution in [1.29, 1.82) is 0 Å². The third kappa shape index (κ3) is 6.60. The van der Waals surface area contributed by atoms with E-state index >= 15 is 0 Å². The number of rotatable bonds is 9. The molecule has 0 spiro atoms. The summed E-state index contributed by atoms with van der Waals surface area (Å²) in [7, 11) is 0. The van der Waals surface area contributed by atoms with Crippen LogP contribution in [0.1, 0.15) is 29.7 Å². The molecular formula is C55H42N2S. The normalized spacial score (nSPS) is 12.2. The molecule has 2 heterocycles. The molecule has 0 bridgehead atoms. The van der Waals surface area contributed by atoms with Gasteiger partial charge >= 0.3 is 0 Å². The molecule has 1 unspecified atom stereocenters. The molecule has 10 aromatic rings. The highest BCUT2D eigenvalue weighted by Gasteiger charge is 2.17. The summed E-state index contributed by atoms with van der Waals surface area (Å²) in [6, 6.07) is 72.5. The van der Waals surface area contributed by atoms with Gasteiger partial charge in [0, 0.05) is 54.0 Å². The molecule has 8 aromatic carbocycles. The molecule has 0 aliphatic heterocycles. The lowest BCUT2D eigenvalue weighted by molar-refractivity contribution is 0.969. The van der Waals surface area contributed by atoms with E-state index in [4.69, 9.17) is 0 Å². The summed E-state index contributed by atoms with van der Waals surface area (Å²) in [6.07, 6.45) is 4.69. The standard InChI is InChI=1S/C55H42N2S/c1-38(21-35-52-39(2)49-17-9-11-19-53(49)57(52)48-34-36-55-51(37-48)50-18-10-12-20-54(50)58-55)40-22-28-45(29-23-40)56(46-30-24-43(25-31-46)41-13-5-3-6-14-41)47-32-26-44(27-33-47)42-15-7-4-8-16-42/h3-38H,1-2H3/b35-21-. The van der Waals surface area contributed by atoms with E-state index in [9.17, 15) is 0 Å². The molecule has 58 heavy (non-hydrogen) atoms. The minimum Gasteiger partial charge on any atom is -0.311 e. The van der Waals surface area contributed by atoms with Crippen molar-refractivity contribution in [3.63, 3.8) is 0 Å². The van der Waals surface area contributed by atoms with Crippen molar-refractivity contribution in [1.82, 2.24) is 4.57 Å². The molecule has 0 saturated carbocycles. The molecule has 0 fully saturated rings. The van der Waals surface area contributed by atoms with Crippen LogP contribution in [0, 0.1) is 6.92 Å². The van der Waals surface area contributed by atoms with Crippen molar-refractivity contribution in [3.05, 3.63) is 223 Å². The maximum absolute atomic E-state index is 2.44. The first-order valence-corrected chi connectivity index (χ1v) is 20.8. The Morgan fingerprint density at radius 1 is 0.483 bits per heavy atom. The highest BCUT2D eigenvalue weighted by atomic mass is 32.1. The summed E-state index contributed by atoms with van der Waals surface area (Å²) >= 11 is 1.86. The minimum atomic E-state index is 0.201. The van der Waals surface area contributed by atoms with Crippen LogP contribution in [0.3, 0.4) is 0 Å². The van der Waals surface area contributed by atoms with Gasteiger partial charge in [-0.2, -0.15) is 0 Å². The lowest BCUT2D eigenvalue weighted by Crippen LogP contribution is -2.10. The van der Waals surface area contributed by atoms with Crippen molar-refractivity contribution in [2.24, 2.45) is 0 Å². The van der Waals surface area contributed by atoms with Crippen LogP contribution in [0.4, 0.5) is 17.1 Å². The van der Waals surface area contributed by atoms with Crippen LogP contribution in [-0.2, 0) is 0 Å². The van der Waals surface area contributed by atoms with Crippen LogP contribution in [0.2, 0.25) is 0 Å². The summed E-state index contributed by atoms with van der Waals surface area (Å²) < 4.78 is 5.08. The number of allylic oxidation sites excluding steroid dienone is 1. The molecule has 0 saturated heterocycles. The molecule has 0 aliphatic rings. The molecule has 0 N–H and O–H groups in total. The summed E-state index contributed by atoms with van der Waals surface area (Å²) in [6.45, 7) is 4.55. The lowest BCUT2D eigenvalue weighted by Gasteiger charge is -2.26. The number of aromatic nitrogens is 1. The maximum atomic E-state index is 2.44. The van der Waals surface area contributed by atoms with Crippen LogP contribution >= 0.6 is 11.3 Å². The van der Waals surface area contributed by atoms with Crippen LogP contribution in [0.15, 0.2) is 206 Å². The van der Waals surface area contributed by atoms with Gasteiger partial charge in [0.15, 0.2) is 0 Å². The van der Waals surface area contributed by atoms with E-state index in [0.717, 1.165) is 17.1 Å². The SMILES string of the molecule is Cc1c(/C=C\C(C)c2ccc(N(c3ccc(-c4ccccc4)cc3)c3ccc(-c4ccccc4)cc3)cc2)n(-c2ccc3sc4ccccc4c3c2)c2ccccc12. The number of hydrogen-bond donors (Lipinski definition) is 0. The van der Waals surface area contributed by atoms with E-state index in [2.05, 4.69) is 236 Å². The van der Waals surface area contributed by atoms with Crippen LogP contribution in [0.25, 0.3) is 65.1 Å². The molecule has 10 rings (SSSR count). The van der Waals surface area contributed by atoms with E-state index in [1.165, 1.54) is 75.8 Å². The smallest absolute Gasteiger partial charge is 0.0537 e. The van der Waals surface area contributed by atoms with Gasteiger partial charge in [0.1, 0.15) is 0 Å². The fraction of sp³-hybridized carbons (Fsp3) is 0.0545. The quantitative estimate of drug-likeness (QED) is 0.142. The predicted molar refractivity (Wildman–Crippen MR) is 250 cm³/mol. The van der Waals surface area contributed by atoms with Gasteiger partial charge in [-0.1, -0.05) is 146 Å². The Morgan fingerprint density at radius 2 is 0.983 bits per heavy atom. The summed E-state index contributed by atoms with van der Waals surface area (Å²) in [5.74, 6) is 0.201. The summed E-state index contributed by atoms with van der Waals surface area (Å²) in [4.78, 5) is 2.35. The molecule has 278 valence electrons. The monoisotopic (exact) mass is 762 g/mol. The number of para-hydroxylation sites is 1. The molecular weight excluding hydrogens is 721 g/mol. The second kappa shape index (κ2) is 15.2. The third-order valence-electron chi connectivity index (χ3n) is 11.5. The topological polar surface area (TPSA) is 8.17 Å². The summed E-state index contributed by atoms with van der Waals surface area (Å²) in [5, 5.41) is 3.91. The zero-order valence-electron chi connectivity index (χ0n) is 32.6. The summed E-state index contributed by atoms with van der Waals surface area (Å²) in [5.41, 5.74) is 14.4. The molecule has 2 nitrogen and oxygen atoms in total. The number of fused-ring (bicyclic) bond motifs is 4. The van der Waals surface area contributed by atoms with Crippen LogP contribution < -0.4 is 4.90 Å². The third-order valence-corrected chi connectivity index (χ3v) is 12.6. The highest BCUT2D eigenvalue weighted by molar-refractivity contribution is 7.25. The van der Waals surface area contributed by atoms with Gasteiger partial charge < -0.3 is 9.47 Å². The van der Waals surface area contributed by atoms with E-state index in [1.807, 2.05) is 11.3 Å². The molecule has 3 heteroatoms. The van der Waals surface area contributed by atoms with E-state index in [0.29, 0.717) is 0 Å². The van der Waals surface area contributed by atoms with Crippen LogP contribution in [-0.4, -0.2) is 4.57 Å². The minimum absolute atomic E-state index is 0.201. The van der Waals surface area contributed by atoms with Crippen molar-refractivity contribution in [3.8, 4) is 27.9 Å². The first-order valence-electron chi connectivity index (χ1n) is 20.0. The average molecular weight is 763 g/mol. The van der Waals surface area contributed by atoms with Gasteiger partial charge in [-0.15, -0.1) is 11.3 Å². The Balaban J connectivity index is 0.981. The fourth-order valence-corrected chi connectivity index (χ4v) is 9.43. The lowest BCUT2D eigenvalue weighted by atomic mass is 9.99. The number of anilines is 3. The zero-order chi connectivity index (χ0) is 39.0. The average Bonchev–Trinajstić information content (AvgIpc) is 3.80. The van der Waals surface area contributed by atoms with Crippen LogP contribution in [0.5, 0.6) is 0 Å². The number of benzene rings is 8. The Kier molecular flexibility index (Phi) is 9.29. The molecule has 0 aliphatic carbocycles. The number of hydrogen-bond acceptors (Lipinski definition) is 2. The Labute approximate surface area is 344 Å². The Morgan fingerprint density at radius 3 is 1.60 bits per heavy atom. The van der Waals surface area contributed by atoms with E-state index < -0.39 is 0 Å². The number of nitrogens with zero attached hydrogens (tertiary/aromatic N) is 2. The van der Waals surface area contributed by atoms with Crippen molar-refractivity contribution < 1.29 is 0 Å². The second-order valence-corrected chi connectivity index (χ2v) is 16.1. The molecule has 0 amide bonds. The maximum Gasteiger partial charge on any atom is 0.0537 e. The largest absolute Gasteiger partial charge is 0.311 e. The van der Waals surface area contributed by atoms with Gasteiger partial charge in [-0.25, -0.2) is 0 Å². The first-order chi connectivity index (χ1) is 28.6. The predicted octanol–water partition coefficient (Wildman–Crippen LogP) is 15.9. The number of thiophene rings is 1. The molecule has 2 aromatic heterocycles. The van der Waals surface area contributed by atoms with Crippen molar-refractivity contribution in [2.75, 3.05) is 4.90 Å². The number of aryl methyl sites for hydroxylation is 1. The van der Waals surface area contributed by atoms with Gasteiger partial charge in [0.2, 0.25) is 0 Å². The zero-order valence-corrected chi connectivity index (χ0v) is 33.4. The Bertz CT molecular complexity index is 2960.